The molecule has 2 aromatic heterocycles. The van der Waals surface area contributed by atoms with E-state index in [4.69, 9.17) is 9.72 Å². The first-order chi connectivity index (χ1) is 22.0. The molecule has 2 N–H and O–H groups in total. The fourth-order valence-corrected chi connectivity index (χ4v) is 6.15. The summed E-state index contributed by atoms with van der Waals surface area (Å²) in [4.78, 5) is 41.0. The van der Waals surface area contributed by atoms with Crippen LogP contribution in [-0.2, 0) is 29.8 Å². The second-order valence-electron chi connectivity index (χ2n) is 11.8. The van der Waals surface area contributed by atoms with E-state index in [0.29, 0.717) is 48.8 Å². The van der Waals surface area contributed by atoms with Crippen molar-refractivity contribution >= 4 is 5.91 Å². The Balaban J connectivity index is 1.05. The second-order valence-corrected chi connectivity index (χ2v) is 11.8. The van der Waals surface area contributed by atoms with E-state index in [1.165, 1.54) is 0 Å². The lowest BCUT2D eigenvalue weighted by Crippen LogP contribution is -2.36. The molecule has 8 nitrogen and oxygen atoms in total. The second kappa shape index (κ2) is 12.1. The first-order valence-electron chi connectivity index (χ1n) is 15.4. The van der Waals surface area contributed by atoms with Crippen LogP contribution < -0.4 is 10.3 Å². The van der Waals surface area contributed by atoms with Gasteiger partial charge in [0.05, 0.1) is 23.2 Å². The average molecular weight is 599 g/mol. The summed E-state index contributed by atoms with van der Waals surface area (Å²) in [7, 11) is 0. The fourth-order valence-electron chi connectivity index (χ4n) is 6.15. The van der Waals surface area contributed by atoms with Crippen LogP contribution in [0.2, 0.25) is 0 Å². The van der Waals surface area contributed by atoms with E-state index in [0.717, 1.165) is 40.8 Å². The van der Waals surface area contributed by atoms with Crippen molar-refractivity contribution in [3.05, 3.63) is 147 Å². The summed E-state index contributed by atoms with van der Waals surface area (Å²) in [6.07, 6.45) is 3.49. The van der Waals surface area contributed by atoms with Gasteiger partial charge in [0.25, 0.3) is 11.5 Å². The van der Waals surface area contributed by atoms with Crippen LogP contribution in [0.5, 0.6) is 5.88 Å². The Morgan fingerprint density at radius 1 is 0.956 bits per heavy atom. The SMILES string of the molecule is O=C([C@H](O)c1cccc(-c2ccc(OCc3ccccc3)nc2)c1)N1CCCc2nc(C3(c4ccccc4)CC3)[nH]c(=O)c2C1. The zero-order chi connectivity index (χ0) is 30.8. The standard InChI is InChI=1S/C37H34N4O4/c42-33(27-12-7-11-26(21-27)28-16-17-32(38-22-28)45-24-25-9-3-1-4-10-25)35(44)41-20-8-15-31-30(23-41)34(43)40-36(39-31)37(18-19-37)29-13-5-2-6-14-29/h1-7,9-14,16-17,21-22,33,42H,8,15,18-20,23-24H2,(H,39,40,43)/t33-/m1/s1. The maximum Gasteiger partial charge on any atom is 0.256 e. The number of carbonyl (C=O) groups is 1. The molecule has 3 heterocycles. The van der Waals surface area contributed by atoms with Crippen molar-refractivity contribution in [2.75, 3.05) is 6.54 Å². The van der Waals surface area contributed by atoms with Crippen molar-refractivity contribution in [3.63, 3.8) is 0 Å². The maximum absolute atomic E-state index is 13.6. The minimum absolute atomic E-state index is 0.111. The predicted molar refractivity (Wildman–Crippen MR) is 170 cm³/mol. The molecule has 1 aliphatic carbocycles. The van der Waals surface area contributed by atoms with E-state index in [1.807, 2.05) is 72.8 Å². The highest BCUT2D eigenvalue weighted by Crippen LogP contribution is 2.52. The number of nitrogens with one attached hydrogen (secondary N) is 1. The number of hydrogen-bond donors (Lipinski definition) is 2. The summed E-state index contributed by atoms with van der Waals surface area (Å²) in [5, 5.41) is 11.2. The van der Waals surface area contributed by atoms with Gasteiger partial charge in [0.2, 0.25) is 5.88 Å². The van der Waals surface area contributed by atoms with Gasteiger partial charge in [-0.15, -0.1) is 0 Å². The van der Waals surface area contributed by atoms with Gasteiger partial charge in [-0.2, -0.15) is 0 Å². The third kappa shape index (κ3) is 5.89. The number of aromatic nitrogens is 3. The van der Waals surface area contributed by atoms with E-state index in [2.05, 4.69) is 22.1 Å². The van der Waals surface area contributed by atoms with Crippen molar-refractivity contribution in [3.8, 4) is 17.0 Å². The smallest absolute Gasteiger partial charge is 0.256 e. The molecule has 0 unspecified atom stereocenters. The first kappa shape index (κ1) is 28.7. The molecule has 226 valence electrons. The number of aryl methyl sites for hydroxylation is 1. The zero-order valence-corrected chi connectivity index (χ0v) is 24.9. The van der Waals surface area contributed by atoms with Gasteiger partial charge in [-0.3, -0.25) is 9.59 Å². The quantitative estimate of drug-likeness (QED) is 0.244. The van der Waals surface area contributed by atoms with Crippen LogP contribution in [0.25, 0.3) is 11.1 Å². The van der Waals surface area contributed by atoms with Crippen molar-refractivity contribution in [2.24, 2.45) is 0 Å². The molecule has 3 aromatic carbocycles. The summed E-state index contributed by atoms with van der Waals surface area (Å²) < 4.78 is 5.80. The lowest BCUT2D eigenvalue weighted by molar-refractivity contribution is -0.141. The monoisotopic (exact) mass is 598 g/mol. The van der Waals surface area contributed by atoms with Gasteiger partial charge in [-0.25, -0.2) is 9.97 Å². The molecule has 7 rings (SSSR count). The highest BCUT2D eigenvalue weighted by molar-refractivity contribution is 5.82. The molecule has 8 heteroatoms. The van der Waals surface area contributed by atoms with E-state index < -0.39 is 12.0 Å². The number of aromatic amines is 1. The number of aliphatic hydroxyl groups is 1. The molecular formula is C37H34N4O4. The molecule has 1 fully saturated rings. The Kier molecular flexibility index (Phi) is 7.73. The molecule has 1 aliphatic heterocycles. The number of nitrogens with zero attached hydrogens (tertiary/aromatic N) is 3. The Labute approximate surface area is 261 Å². The van der Waals surface area contributed by atoms with Gasteiger partial charge in [0.15, 0.2) is 6.10 Å². The maximum atomic E-state index is 13.6. The summed E-state index contributed by atoms with van der Waals surface area (Å²) >= 11 is 0. The van der Waals surface area contributed by atoms with Crippen LogP contribution in [0, 0.1) is 0 Å². The normalized spacial score (nSPS) is 15.9. The van der Waals surface area contributed by atoms with Gasteiger partial charge in [-0.05, 0) is 60.1 Å². The van der Waals surface area contributed by atoms with Crippen LogP contribution >= 0.6 is 0 Å². The number of fused-ring (bicyclic) bond motifs is 1. The van der Waals surface area contributed by atoms with Crippen LogP contribution in [0.15, 0.2) is 108 Å². The highest BCUT2D eigenvalue weighted by atomic mass is 16.5. The molecular weight excluding hydrogens is 564 g/mol. The molecule has 0 radical (unpaired) electrons. The zero-order valence-electron chi connectivity index (χ0n) is 24.9. The van der Waals surface area contributed by atoms with Gasteiger partial charge in [0, 0.05) is 24.4 Å². The summed E-state index contributed by atoms with van der Waals surface area (Å²) in [6, 6.07) is 31.1. The van der Waals surface area contributed by atoms with Crippen molar-refractivity contribution in [2.45, 2.75) is 50.4 Å². The number of H-pyrrole nitrogens is 1. The first-order valence-corrected chi connectivity index (χ1v) is 15.4. The Morgan fingerprint density at radius 3 is 2.47 bits per heavy atom. The average Bonchev–Trinajstić information content (AvgIpc) is 3.93. The van der Waals surface area contributed by atoms with Gasteiger partial charge < -0.3 is 19.7 Å². The topological polar surface area (TPSA) is 108 Å². The number of pyridine rings is 1. The summed E-state index contributed by atoms with van der Waals surface area (Å²) in [5.41, 5.74) is 5.14. The van der Waals surface area contributed by atoms with E-state index >= 15 is 0 Å². The van der Waals surface area contributed by atoms with E-state index in [-0.39, 0.29) is 17.5 Å². The Morgan fingerprint density at radius 2 is 1.73 bits per heavy atom. The van der Waals surface area contributed by atoms with Crippen LogP contribution in [0.4, 0.5) is 0 Å². The van der Waals surface area contributed by atoms with Crippen LogP contribution in [-0.4, -0.2) is 37.4 Å². The minimum Gasteiger partial charge on any atom is -0.473 e. The molecule has 5 aromatic rings. The number of benzene rings is 3. The number of hydrogen-bond acceptors (Lipinski definition) is 6. The fraction of sp³-hybridized carbons (Fsp3) is 0.243. The molecule has 1 saturated carbocycles. The lowest BCUT2D eigenvalue weighted by atomic mass is 9.94. The highest BCUT2D eigenvalue weighted by Gasteiger charge is 2.48. The number of amides is 1. The van der Waals surface area contributed by atoms with Crippen LogP contribution in [0.1, 0.15) is 59.1 Å². The third-order valence-electron chi connectivity index (χ3n) is 8.87. The van der Waals surface area contributed by atoms with Crippen molar-refractivity contribution in [1.29, 1.82) is 0 Å². The predicted octanol–water partition coefficient (Wildman–Crippen LogP) is 5.50. The summed E-state index contributed by atoms with van der Waals surface area (Å²) in [6.45, 7) is 0.967. The van der Waals surface area contributed by atoms with Crippen LogP contribution in [0.3, 0.4) is 0 Å². The molecule has 2 aliphatic rings. The van der Waals surface area contributed by atoms with E-state index in [9.17, 15) is 14.7 Å². The largest absolute Gasteiger partial charge is 0.473 e. The van der Waals surface area contributed by atoms with Gasteiger partial charge >= 0.3 is 0 Å². The van der Waals surface area contributed by atoms with Crippen molar-refractivity contribution < 1.29 is 14.6 Å². The molecule has 0 saturated heterocycles. The lowest BCUT2D eigenvalue weighted by Gasteiger charge is -2.24. The molecule has 0 spiro atoms. The van der Waals surface area contributed by atoms with Gasteiger partial charge in [0.1, 0.15) is 12.4 Å². The number of aliphatic hydroxyl groups excluding tert-OH is 1. The number of rotatable bonds is 8. The molecule has 45 heavy (non-hydrogen) atoms. The Hall–Kier alpha value is -5.08. The molecule has 1 amide bonds. The number of ether oxygens (including phenoxy) is 1. The van der Waals surface area contributed by atoms with E-state index in [1.54, 1.807) is 23.2 Å². The third-order valence-corrected chi connectivity index (χ3v) is 8.87. The van der Waals surface area contributed by atoms with Gasteiger partial charge in [-0.1, -0.05) is 78.9 Å². The van der Waals surface area contributed by atoms with Crippen molar-refractivity contribution in [1.82, 2.24) is 19.9 Å². The Bertz CT molecular complexity index is 1870. The molecule has 1 atom stereocenters. The number of carbonyl (C=O) groups excluding carboxylic acids is 1. The molecule has 0 bridgehead atoms. The minimum atomic E-state index is -1.37. The summed E-state index contributed by atoms with van der Waals surface area (Å²) in [5.74, 6) is 0.785.